The minimum atomic E-state index is -1.29. The van der Waals surface area contributed by atoms with E-state index in [-0.39, 0.29) is 31.4 Å². The molecule has 0 bridgehead atoms. The van der Waals surface area contributed by atoms with Crippen LogP contribution >= 0.6 is 0 Å². The van der Waals surface area contributed by atoms with Crippen molar-refractivity contribution in [1.29, 1.82) is 0 Å². The van der Waals surface area contributed by atoms with Crippen LogP contribution in [0, 0.1) is 0 Å². The van der Waals surface area contributed by atoms with Crippen molar-refractivity contribution in [2.75, 3.05) is 28.7 Å². The van der Waals surface area contributed by atoms with Gasteiger partial charge in [-0.1, -0.05) is 61.4 Å². The van der Waals surface area contributed by atoms with Gasteiger partial charge in [-0.3, -0.25) is 34.4 Å². The maximum atomic E-state index is 14.2. The minimum Gasteiger partial charge on any atom is -0.348 e. The zero-order valence-corrected chi connectivity index (χ0v) is 30.3. The first-order chi connectivity index (χ1) is 26.1. The molecular formula is C41H44N6O7. The molecule has 54 heavy (non-hydrogen) atoms. The second kappa shape index (κ2) is 17.4. The van der Waals surface area contributed by atoms with E-state index in [1.807, 2.05) is 62.4 Å². The lowest BCUT2D eigenvalue weighted by Gasteiger charge is -2.27. The van der Waals surface area contributed by atoms with Crippen LogP contribution in [0.5, 0.6) is 0 Å². The summed E-state index contributed by atoms with van der Waals surface area (Å²) in [7, 11) is 0. The number of carbonyl (C=O) groups excluding carboxylic acids is 4. The number of anilines is 3. The summed E-state index contributed by atoms with van der Waals surface area (Å²) in [5.74, 6) is -3.75. The number of unbranched alkanes of at least 4 members (excludes halogenated alkanes) is 3. The standard InChI is InChI=1S/C41H44N6O7/c1-41(2)53-26-31(54-41)25-47(35(49)18-6-4-3-5-17-34(48)46-52)30-21-19-27(20-22-30)36(39(50)44-32-15-7-11-28-13-9-23-42-37(28)32)40(51)45-33-16-8-12-29-14-10-24-43-38(29)33/h7-16,19-24,31,36,52H,3-6,17-18,25-26H2,1-2H3,(H,44,50)(H,45,51)(H,46,48). The van der Waals surface area contributed by atoms with E-state index in [2.05, 4.69) is 20.6 Å². The van der Waals surface area contributed by atoms with Crippen LogP contribution in [-0.4, -0.2) is 63.8 Å². The molecule has 1 aliphatic heterocycles. The average molecular weight is 733 g/mol. The van der Waals surface area contributed by atoms with Crippen LogP contribution in [0.4, 0.5) is 17.1 Å². The van der Waals surface area contributed by atoms with E-state index in [1.165, 1.54) is 0 Å². The Morgan fingerprint density at radius 2 is 1.33 bits per heavy atom. The lowest BCUT2D eigenvalue weighted by atomic mass is 9.96. The number of carbonyl (C=O) groups is 4. The van der Waals surface area contributed by atoms with Gasteiger partial charge in [0, 0.05) is 41.7 Å². The largest absolute Gasteiger partial charge is 0.348 e. The van der Waals surface area contributed by atoms with E-state index >= 15 is 0 Å². The van der Waals surface area contributed by atoms with Gasteiger partial charge in [-0.2, -0.15) is 0 Å². The lowest BCUT2D eigenvalue weighted by molar-refractivity contribution is -0.138. The molecule has 1 saturated heterocycles. The fourth-order valence-electron chi connectivity index (χ4n) is 6.60. The van der Waals surface area contributed by atoms with Gasteiger partial charge in [0.1, 0.15) is 12.0 Å². The first kappa shape index (κ1) is 38.0. The predicted molar refractivity (Wildman–Crippen MR) is 205 cm³/mol. The Morgan fingerprint density at radius 3 is 1.87 bits per heavy atom. The van der Waals surface area contributed by atoms with Gasteiger partial charge in [0.15, 0.2) is 5.79 Å². The molecule has 0 spiro atoms. The van der Waals surface area contributed by atoms with Gasteiger partial charge in [0.2, 0.25) is 23.6 Å². The van der Waals surface area contributed by atoms with Crippen molar-refractivity contribution in [2.45, 2.75) is 70.2 Å². The Kier molecular flexibility index (Phi) is 12.2. The van der Waals surface area contributed by atoms with Crippen molar-refractivity contribution in [3.63, 3.8) is 0 Å². The topological polar surface area (TPSA) is 172 Å². The second-order valence-corrected chi connectivity index (χ2v) is 13.7. The summed E-state index contributed by atoms with van der Waals surface area (Å²) in [5.41, 5.74) is 4.74. The molecule has 4 amide bonds. The Morgan fingerprint density at radius 1 is 0.778 bits per heavy atom. The van der Waals surface area contributed by atoms with Gasteiger partial charge >= 0.3 is 0 Å². The third kappa shape index (κ3) is 9.42. The third-order valence-corrected chi connectivity index (χ3v) is 9.27. The van der Waals surface area contributed by atoms with Gasteiger partial charge in [-0.15, -0.1) is 0 Å². The van der Waals surface area contributed by atoms with Crippen molar-refractivity contribution < 1.29 is 33.9 Å². The van der Waals surface area contributed by atoms with Crippen LogP contribution in [0.3, 0.4) is 0 Å². The highest BCUT2D eigenvalue weighted by Gasteiger charge is 2.35. The highest BCUT2D eigenvalue weighted by atomic mass is 16.7. The number of nitrogens with one attached hydrogen (secondary N) is 3. The van der Waals surface area contributed by atoms with E-state index in [4.69, 9.17) is 14.7 Å². The number of benzene rings is 3. The van der Waals surface area contributed by atoms with Crippen LogP contribution in [0.2, 0.25) is 0 Å². The van der Waals surface area contributed by atoms with E-state index in [1.54, 1.807) is 59.2 Å². The quantitative estimate of drug-likeness (QED) is 0.0407. The Hall–Kier alpha value is -5.76. The van der Waals surface area contributed by atoms with Crippen LogP contribution < -0.4 is 21.0 Å². The summed E-state index contributed by atoms with van der Waals surface area (Å²) in [6, 6.07) is 25.1. The highest BCUT2D eigenvalue weighted by molar-refractivity contribution is 6.17. The number of rotatable bonds is 15. The number of nitrogens with zero attached hydrogens (tertiary/aromatic N) is 3. The number of aromatic nitrogens is 2. The number of ether oxygens (including phenoxy) is 2. The fraction of sp³-hybridized carbons (Fsp3) is 0.317. The van der Waals surface area contributed by atoms with E-state index < -0.39 is 29.4 Å². The van der Waals surface area contributed by atoms with E-state index in [9.17, 15) is 19.2 Å². The zero-order chi connectivity index (χ0) is 38.1. The molecule has 280 valence electrons. The van der Waals surface area contributed by atoms with Gasteiger partial charge in [0.05, 0.1) is 35.6 Å². The van der Waals surface area contributed by atoms with E-state index in [0.29, 0.717) is 53.1 Å². The lowest BCUT2D eigenvalue weighted by Crippen LogP contribution is -2.39. The number of amides is 4. The molecule has 0 radical (unpaired) electrons. The molecule has 3 heterocycles. The maximum absolute atomic E-state index is 14.2. The van der Waals surface area contributed by atoms with Gasteiger partial charge in [-0.25, -0.2) is 5.48 Å². The van der Waals surface area contributed by atoms with Crippen LogP contribution in [0.1, 0.15) is 63.9 Å². The first-order valence-corrected chi connectivity index (χ1v) is 18.1. The normalized spacial score (nSPS) is 14.9. The molecule has 1 fully saturated rings. The Labute approximate surface area is 313 Å². The summed E-state index contributed by atoms with van der Waals surface area (Å²) < 4.78 is 11.8. The molecule has 1 atom stereocenters. The van der Waals surface area contributed by atoms with Crippen LogP contribution in [-0.2, 0) is 28.7 Å². The first-order valence-electron chi connectivity index (χ1n) is 18.1. The fourth-order valence-corrected chi connectivity index (χ4v) is 6.60. The van der Waals surface area contributed by atoms with Gasteiger partial charge < -0.3 is 25.0 Å². The van der Waals surface area contributed by atoms with Crippen LogP contribution in [0.25, 0.3) is 21.8 Å². The SMILES string of the molecule is CC1(C)OCC(CN(C(=O)CCCCCCC(=O)NO)c2ccc(C(C(=O)Nc3cccc4cccnc34)C(=O)Nc3cccc4cccnc34)cc2)O1. The van der Waals surface area contributed by atoms with Crippen molar-refractivity contribution in [1.82, 2.24) is 15.4 Å². The highest BCUT2D eigenvalue weighted by Crippen LogP contribution is 2.30. The van der Waals surface area contributed by atoms with Crippen LogP contribution in [0.15, 0.2) is 97.3 Å². The van der Waals surface area contributed by atoms with Gasteiger partial charge in [0.25, 0.3) is 0 Å². The molecule has 6 rings (SSSR count). The average Bonchev–Trinajstić information content (AvgIpc) is 3.53. The summed E-state index contributed by atoms with van der Waals surface area (Å²) in [4.78, 5) is 63.9. The van der Waals surface area contributed by atoms with Crippen molar-refractivity contribution in [3.05, 3.63) is 103 Å². The molecule has 4 N–H and O–H groups in total. The molecule has 1 aliphatic rings. The van der Waals surface area contributed by atoms with E-state index in [0.717, 1.165) is 23.6 Å². The molecule has 5 aromatic rings. The molecule has 13 heteroatoms. The van der Waals surface area contributed by atoms with Gasteiger partial charge in [-0.05, 0) is 68.7 Å². The number of hydrogen-bond donors (Lipinski definition) is 4. The molecular weight excluding hydrogens is 688 g/mol. The minimum absolute atomic E-state index is 0.122. The predicted octanol–water partition coefficient (Wildman–Crippen LogP) is 6.47. The number of fused-ring (bicyclic) bond motifs is 2. The molecule has 2 aromatic heterocycles. The molecule has 13 nitrogen and oxygen atoms in total. The van der Waals surface area contributed by atoms with Crippen molar-refractivity contribution in [2.24, 2.45) is 0 Å². The maximum Gasteiger partial charge on any atom is 0.243 e. The monoisotopic (exact) mass is 732 g/mol. The summed E-state index contributed by atoms with van der Waals surface area (Å²) in [5, 5.41) is 16.3. The smallest absolute Gasteiger partial charge is 0.243 e. The number of pyridine rings is 2. The molecule has 3 aromatic carbocycles. The Bertz CT molecular complexity index is 2020. The summed E-state index contributed by atoms with van der Waals surface area (Å²) in [6.45, 7) is 4.20. The van der Waals surface area contributed by atoms with Crippen molar-refractivity contribution >= 4 is 62.5 Å². The summed E-state index contributed by atoms with van der Waals surface area (Å²) in [6.07, 6.45) is 6.07. The Balaban J connectivity index is 1.26. The molecule has 0 aliphatic carbocycles. The number of hydrogen-bond acceptors (Lipinski definition) is 9. The number of para-hydroxylation sites is 2. The molecule has 0 saturated carbocycles. The third-order valence-electron chi connectivity index (χ3n) is 9.27. The molecule has 1 unspecified atom stereocenters. The second-order valence-electron chi connectivity index (χ2n) is 13.7. The van der Waals surface area contributed by atoms with Crippen molar-refractivity contribution in [3.8, 4) is 0 Å². The number of hydroxylamine groups is 1. The summed E-state index contributed by atoms with van der Waals surface area (Å²) >= 11 is 0. The zero-order valence-electron chi connectivity index (χ0n) is 30.3.